The van der Waals surface area contributed by atoms with Crippen LogP contribution in [-0.4, -0.2) is 47.8 Å². The van der Waals surface area contributed by atoms with Crippen LogP contribution in [0.25, 0.3) is 0 Å². The van der Waals surface area contributed by atoms with E-state index in [1.165, 1.54) is 12.1 Å². The van der Waals surface area contributed by atoms with E-state index in [-0.39, 0.29) is 17.3 Å². The van der Waals surface area contributed by atoms with Gasteiger partial charge in [-0.25, -0.2) is 9.78 Å². The van der Waals surface area contributed by atoms with E-state index in [0.29, 0.717) is 41.8 Å². The van der Waals surface area contributed by atoms with Gasteiger partial charge in [0.25, 0.3) is 5.91 Å². The largest absolute Gasteiger partial charge is 0.478 e. The van der Waals surface area contributed by atoms with Gasteiger partial charge in [0.15, 0.2) is 0 Å². The SMILES string of the molecule is CC[C@@H]1COCCN1c1cc(Cl)cc(C(=O)Nc2ccc(C(=O)O)c(C)c2)n1. The number of carboxylic acids is 1. The van der Waals surface area contributed by atoms with E-state index >= 15 is 0 Å². The number of rotatable bonds is 5. The molecule has 3 rings (SSSR count). The van der Waals surface area contributed by atoms with Crippen molar-refractivity contribution in [3.8, 4) is 0 Å². The number of hydrogen-bond donors (Lipinski definition) is 2. The van der Waals surface area contributed by atoms with E-state index in [1.807, 2.05) is 0 Å². The van der Waals surface area contributed by atoms with Crippen LogP contribution >= 0.6 is 11.6 Å². The number of aromatic nitrogens is 1. The van der Waals surface area contributed by atoms with Gasteiger partial charge in [-0.05, 0) is 49.2 Å². The predicted molar refractivity (Wildman–Crippen MR) is 108 cm³/mol. The predicted octanol–water partition coefficient (Wildman–Crippen LogP) is 3.61. The minimum absolute atomic E-state index is 0.182. The molecule has 148 valence electrons. The van der Waals surface area contributed by atoms with E-state index in [0.717, 1.165) is 6.42 Å². The normalized spacial score (nSPS) is 16.7. The molecule has 1 aromatic heterocycles. The fourth-order valence-electron chi connectivity index (χ4n) is 3.22. The molecule has 2 N–H and O–H groups in total. The summed E-state index contributed by atoms with van der Waals surface area (Å²) in [6.07, 6.45) is 0.894. The summed E-state index contributed by atoms with van der Waals surface area (Å²) in [6.45, 7) is 5.65. The summed E-state index contributed by atoms with van der Waals surface area (Å²) in [6, 6.07) is 8.07. The summed E-state index contributed by atoms with van der Waals surface area (Å²) in [4.78, 5) is 30.4. The molecular formula is C20H22ClN3O4. The first kappa shape index (κ1) is 20.1. The van der Waals surface area contributed by atoms with Crippen molar-refractivity contribution in [1.29, 1.82) is 0 Å². The van der Waals surface area contributed by atoms with Crippen molar-refractivity contribution >= 4 is 35.0 Å². The molecule has 0 bridgehead atoms. The highest BCUT2D eigenvalue weighted by Crippen LogP contribution is 2.24. The topological polar surface area (TPSA) is 91.8 Å². The second kappa shape index (κ2) is 8.58. The number of aryl methyl sites for hydroxylation is 1. The monoisotopic (exact) mass is 403 g/mol. The summed E-state index contributed by atoms with van der Waals surface area (Å²) in [5.74, 6) is -0.773. The number of carbonyl (C=O) groups excluding carboxylic acids is 1. The Hall–Kier alpha value is -2.64. The van der Waals surface area contributed by atoms with Crippen molar-refractivity contribution in [3.05, 3.63) is 52.2 Å². The lowest BCUT2D eigenvalue weighted by Gasteiger charge is -2.36. The molecule has 8 heteroatoms. The van der Waals surface area contributed by atoms with Crippen LogP contribution in [0.3, 0.4) is 0 Å². The Labute approximate surface area is 168 Å². The molecule has 0 aliphatic carbocycles. The van der Waals surface area contributed by atoms with Crippen LogP contribution < -0.4 is 10.2 Å². The smallest absolute Gasteiger partial charge is 0.335 e. The van der Waals surface area contributed by atoms with Gasteiger partial charge in [0.1, 0.15) is 11.5 Å². The van der Waals surface area contributed by atoms with Crippen LogP contribution in [0.1, 0.15) is 39.8 Å². The molecule has 1 aliphatic rings. The maximum Gasteiger partial charge on any atom is 0.335 e. The zero-order chi connectivity index (χ0) is 20.3. The Morgan fingerprint density at radius 2 is 2.14 bits per heavy atom. The third-order valence-corrected chi connectivity index (χ3v) is 4.94. The van der Waals surface area contributed by atoms with Gasteiger partial charge in [-0.1, -0.05) is 18.5 Å². The second-order valence-electron chi connectivity index (χ2n) is 6.65. The summed E-state index contributed by atoms with van der Waals surface area (Å²) < 4.78 is 5.53. The van der Waals surface area contributed by atoms with Gasteiger partial charge in [0, 0.05) is 17.3 Å². The second-order valence-corrected chi connectivity index (χ2v) is 7.08. The highest BCUT2D eigenvalue weighted by atomic mass is 35.5. The van der Waals surface area contributed by atoms with Crippen molar-refractivity contribution in [1.82, 2.24) is 4.98 Å². The zero-order valence-electron chi connectivity index (χ0n) is 15.7. The number of hydrogen-bond acceptors (Lipinski definition) is 5. The Morgan fingerprint density at radius 3 is 2.82 bits per heavy atom. The molecule has 1 saturated heterocycles. The molecule has 1 atom stereocenters. The van der Waals surface area contributed by atoms with Crippen molar-refractivity contribution in [2.24, 2.45) is 0 Å². The van der Waals surface area contributed by atoms with E-state index in [4.69, 9.17) is 21.4 Å². The minimum Gasteiger partial charge on any atom is -0.478 e. The quantitative estimate of drug-likeness (QED) is 0.792. The van der Waals surface area contributed by atoms with Crippen LogP contribution in [-0.2, 0) is 4.74 Å². The van der Waals surface area contributed by atoms with Gasteiger partial charge < -0.3 is 20.1 Å². The molecule has 1 aliphatic heterocycles. The third kappa shape index (κ3) is 4.43. The number of aromatic carboxylic acids is 1. The first-order chi connectivity index (χ1) is 13.4. The van der Waals surface area contributed by atoms with Crippen LogP contribution in [0.2, 0.25) is 5.02 Å². The van der Waals surface area contributed by atoms with Crippen molar-refractivity contribution in [2.45, 2.75) is 26.3 Å². The summed E-state index contributed by atoms with van der Waals surface area (Å²) in [7, 11) is 0. The first-order valence-electron chi connectivity index (χ1n) is 9.06. The molecule has 1 amide bonds. The van der Waals surface area contributed by atoms with Crippen LogP contribution in [0.15, 0.2) is 30.3 Å². The van der Waals surface area contributed by atoms with Gasteiger partial charge in [0.2, 0.25) is 0 Å². The van der Waals surface area contributed by atoms with Gasteiger partial charge in [-0.15, -0.1) is 0 Å². The van der Waals surface area contributed by atoms with Gasteiger partial charge >= 0.3 is 5.97 Å². The first-order valence-corrected chi connectivity index (χ1v) is 9.44. The third-order valence-electron chi connectivity index (χ3n) is 4.72. The lowest BCUT2D eigenvalue weighted by Crippen LogP contribution is -2.45. The standard InChI is InChI=1S/C20H22ClN3O4/c1-3-15-11-28-7-6-24(15)18-10-13(21)9-17(23-18)19(25)22-14-4-5-16(20(26)27)12(2)8-14/h4-5,8-10,15H,3,6-7,11H2,1-2H3,(H,22,25)(H,26,27)/t15-/m1/s1. The molecule has 0 spiro atoms. The van der Waals surface area contributed by atoms with E-state index in [1.54, 1.807) is 25.1 Å². The number of morpholine rings is 1. The molecule has 1 fully saturated rings. The van der Waals surface area contributed by atoms with Crippen molar-refractivity contribution in [2.75, 3.05) is 30.0 Å². The fourth-order valence-corrected chi connectivity index (χ4v) is 3.42. The molecule has 0 saturated carbocycles. The van der Waals surface area contributed by atoms with Crippen molar-refractivity contribution < 1.29 is 19.4 Å². The minimum atomic E-state index is -1.01. The molecule has 28 heavy (non-hydrogen) atoms. The van der Waals surface area contributed by atoms with Crippen LogP contribution in [0, 0.1) is 6.92 Å². The number of carbonyl (C=O) groups is 2. The van der Waals surface area contributed by atoms with Crippen molar-refractivity contribution in [3.63, 3.8) is 0 Å². The number of halogens is 1. The average molecular weight is 404 g/mol. The molecule has 1 aromatic carbocycles. The summed E-state index contributed by atoms with van der Waals surface area (Å²) >= 11 is 6.24. The number of amides is 1. The van der Waals surface area contributed by atoms with E-state index in [2.05, 4.69) is 22.1 Å². The highest BCUT2D eigenvalue weighted by molar-refractivity contribution is 6.31. The number of carboxylic acid groups (broad SMARTS) is 1. The fraction of sp³-hybridized carbons (Fsp3) is 0.350. The number of benzene rings is 1. The van der Waals surface area contributed by atoms with E-state index in [9.17, 15) is 9.59 Å². The zero-order valence-corrected chi connectivity index (χ0v) is 16.5. The molecule has 2 aromatic rings. The number of nitrogens with one attached hydrogen (secondary N) is 1. The lowest BCUT2D eigenvalue weighted by molar-refractivity contribution is 0.0696. The molecule has 2 heterocycles. The highest BCUT2D eigenvalue weighted by Gasteiger charge is 2.24. The Bertz CT molecular complexity index is 903. The summed E-state index contributed by atoms with van der Waals surface area (Å²) in [5, 5.41) is 12.3. The van der Waals surface area contributed by atoms with Crippen LogP contribution in [0.4, 0.5) is 11.5 Å². The van der Waals surface area contributed by atoms with Gasteiger partial charge in [-0.2, -0.15) is 0 Å². The molecule has 0 radical (unpaired) electrons. The Balaban J connectivity index is 1.83. The van der Waals surface area contributed by atoms with E-state index < -0.39 is 11.9 Å². The van der Waals surface area contributed by atoms with Gasteiger partial charge in [0.05, 0.1) is 24.8 Å². The maximum atomic E-state index is 12.7. The number of nitrogens with zero attached hydrogens (tertiary/aromatic N) is 2. The number of pyridine rings is 1. The molecule has 7 nitrogen and oxygen atoms in total. The average Bonchev–Trinajstić information content (AvgIpc) is 2.67. The lowest BCUT2D eigenvalue weighted by atomic mass is 10.1. The van der Waals surface area contributed by atoms with Crippen LogP contribution in [0.5, 0.6) is 0 Å². The number of ether oxygens (including phenoxy) is 1. The molecule has 0 unspecified atom stereocenters. The van der Waals surface area contributed by atoms with Gasteiger partial charge in [-0.3, -0.25) is 4.79 Å². The number of anilines is 2. The summed E-state index contributed by atoms with van der Waals surface area (Å²) in [5.41, 5.74) is 1.45. The Morgan fingerprint density at radius 1 is 1.36 bits per heavy atom. The molecular weight excluding hydrogens is 382 g/mol. The maximum absolute atomic E-state index is 12.7. The Kier molecular flexibility index (Phi) is 6.16.